The summed E-state index contributed by atoms with van der Waals surface area (Å²) in [6, 6.07) is 3.67. The maximum atomic E-state index is 11.6. The third kappa shape index (κ3) is 2.96. The van der Waals surface area contributed by atoms with Crippen molar-refractivity contribution < 1.29 is 12.9 Å². The zero-order valence-corrected chi connectivity index (χ0v) is 12.5. The van der Waals surface area contributed by atoms with Crippen molar-refractivity contribution in [1.29, 1.82) is 0 Å². The van der Waals surface area contributed by atoms with E-state index in [0.29, 0.717) is 31.2 Å². The van der Waals surface area contributed by atoms with Gasteiger partial charge in [-0.05, 0) is 25.0 Å². The molecule has 0 aliphatic carbocycles. The van der Waals surface area contributed by atoms with Gasteiger partial charge in [0.25, 0.3) is 0 Å². The van der Waals surface area contributed by atoms with E-state index in [0.717, 1.165) is 5.56 Å². The van der Waals surface area contributed by atoms with Gasteiger partial charge in [-0.25, -0.2) is 12.7 Å². The molecule has 0 amide bonds. The Morgan fingerprint density at radius 2 is 2.24 bits per heavy atom. The lowest BCUT2D eigenvalue weighted by Crippen LogP contribution is -2.51. The molecule has 0 aromatic carbocycles. The quantitative estimate of drug-likeness (QED) is 0.817. The third-order valence-corrected chi connectivity index (χ3v) is 5.35. The summed E-state index contributed by atoms with van der Waals surface area (Å²) in [6.07, 6.45) is 3.96. The van der Waals surface area contributed by atoms with Gasteiger partial charge in [0, 0.05) is 37.5 Å². The SMILES string of the molecule is CCS(=O)(=O)N1CC(Cc2nc(-c3cccnc3)no2)C1. The van der Waals surface area contributed by atoms with Gasteiger partial charge in [-0.15, -0.1) is 0 Å². The highest BCUT2D eigenvalue weighted by molar-refractivity contribution is 7.89. The average molecular weight is 308 g/mol. The molecular formula is C13H16N4O3S. The normalized spacial score (nSPS) is 16.8. The van der Waals surface area contributed by atoms with Gasteiger partial charge >= 0.3 is 0 Å². The summed E-state index contributed by atoms with van der Waals surface area (Å²) in [4.78, 5) is 8.33. The first-order chi connectivity index (χ1) is 10.1. The molecule has 1 fully saturated rings. The summed E-state index contributed by atoms with van der Waals surface area (Å²) in [5, 5.41) is 3.92. The van der Waals surface area contributed by atoms with Crippen LogP contribution >= 0.6 is 0 Å². The average Bonchev–Trinajstić information content (AvgIpc) is 2.92. The molecule has 0 radical (unpaired) electrons. The van der Waals surface area contributed by atoms with Crippen LogP contribution in [-0.2, 0) is 16.4 Å². The van der Waals surface area contributed by atoms with E-state index in [-0.39, 0.29) is 11.7 Å². The van der Waals surface area contributed by atoms with Crippen molar-refractivity contribution in [2.75, 3.05) is 18.8 Å². The largest absolute Gasteiger partial charge is 0.339 e. The molecule has 0 unspecified atom stereocenters. The Hall–Kier alpha value is -1.80. The zero-order chi connectivity index (χ0) is 14.9. The van der Waals surface area contributed by atoms with Gasteiger partial charge in [-0.1, -0.05) is 5.16 Å². The van der Waals surface area contributed by atoms with Gasteiger partial charge in [0.1, 0.15) is 0 Å². The summed E-state index contributed by atoms with van der Waals surface area (Å²) >= 11 is 0. The van der Waals surface area contributed by atoms with E-state index in [2.05, 4.69) is 15.1 Å². The molecule has 0 saturated carbocycles. The number of sulfonamides is 1. The molecule has 1 aliphatic rings. The number of aromatic nitrogens is 3. The predicted molar refractivity (Wildman–Crippen MR) is 75.8 cm³/mol. The molecule has 0 N–H and O–H groups in total. The van der Waals surface area contributed by atoms with Crippen LogP contribution in [0.4, 0.5) is 0 Å². The van der Waals surface area contributed by atoms with Crippen molar-refractivity contribution in [1.82, 2.24) is 19.4 Å². The van der Waals surface area contributed by atoms with Crippen LogP contribution < -0.4 is 0 Å². The van der Waals surface area contributed by atoms with Crippen LogP contribution in [0.15, 0.2) is 29.0 Å². The molecule has 0 spiro atoms. The maximum Gasteiger partial charge on any atom is 0.227 e. The van der Waals surface area contributed by atoms with E-state index >= 15 is 0 Å². The highest BCUT2D eigenvalue weighted by Crippen LogP contribution is 2.24. The van der Waals surface area contributed by atoms with Crippen LogP contribution in [0.5, 0.6) is 0 Å². The molecule has 1 aliphatic heterocycles. The Labute approximate surface area is 123 Å². The first-order valence-corrected chi connectivity index (χ1v) is 8.40. The molecule has 0 atom stereocenters. The summed E-state index contributed by atoms with van der Waals surface area (Å²) < 4.78 is 30.0. The van der Waals surface area contributed by atoms with Crippen LogP contribution in [0.3, 0.4) is 0 Å². The van der Waals surface area contributed by atoms with Crippen molar-refractivity contribution in [3.8, 4) is 11.4 Å². The molecule has 8 heteroatoms. The van der Waals surface area contributed by atoms with E-state index in [9.17, 15) is 8.42 Å². The second-order valence-corrected chi connectivity index (χ2v) is 7.30. The second-order valence-electron chi connectivity index (χ2n) is 5.04. The lowest BCUT2D eigenvalue weighted by molar-refractivity contribution is 0.186. The summed E-state index contributed by atoms with van der Waals surface area (Å²) in [6.45, 7) is 2.71. The van der Waals surface area contributed by atoms with E-state index in [4.69, 9.17) is 4.52 Å². The molecule has 2 aromatic heterocycles. The Bertz CT molecular complexity index is 708. The lowest BCUT2D eigenvalue weighted by atomic mass is 9.99. The van der Waals surface area contributed by atoms with Crippen molar-refractivity contribution in [3.63, 3.8) is 0 Å². The standard InChI is InChI=1S/C13H16N4O3S/c1-2-21(18,19)17-8-10(9-17)6-12-15-13(16-20-12)11-4-3-5-14-7-11/h3-5,7,10H,2,6,8-9H2,1H3. The lowest BCUT2D eigenvalue weighted by Gasteiger charge is -2.37. The van der Waals surface area contributed by atoms with Crippen LogP contribution in [0, 0.1) is 5.92 Å². The first-order valence-electron chi connectivity index (χ1n) is 6.79. The van der Waals surface area contributed by atoms with E-state index in [1.54, 1.807) is 19.3 Å². The topological polar surface area (TPSA) is 89.2 Å². The van der Waals surface area contributed by atoms with Crippen molar-refractivity contribution in [2.45, 2.75) is 13.3 Å². The van der Waals surface area contributed by atoms with Gasteiger partial charge in [0.15, 0.2) is 0 Å². The highest BCUT2D eigenvalue weighted by atomic mass is 32.2. The maximum absolute atomic E-state index is 11.6. The van der Waals surface area contributed by atoms with Crippen molar-refractivity contribution in [2.24, 2.45) is 5.92 Å². The molecule has 0 bridgehead atoms. The second kappa shape index (κ2) is 5.53. The molecule has 2 aromatic rings. The predicted octanol–water partition coefficient (Wildman–Crippen LogP) is 0.956. The van der Waals surface area contributed by atoms with Gasteiger partial charge in [0.05, 0.1) is 5.75 Å². The number of hydrogen-bond donors (Lipinski definition) is 0. The first kappa shape index (κ1) is 14.2. The minimum absolute atomic E-state index is 0.144. The molecule has 3 rings (SSSR count). The number of nitrogens with zero attached hydrogens (tertiary/aromatic N) is 4. The minimum atomic E-state index is -3.07. The monoisotopic (exact) mass is 308 g/mol. The van der Waals surface area contributed by atoms with E-state index < -0.39 is 10.0 Å². The third-order valence-electron chi connectivity index (χ3n) is 3.53. The highest BCUT2D eigenvalue weighted by Gasteiger charge is 2.35. The fourth-order valence-electron chi connectivity index (χ4n) is 2.26. The smallest absolute Gasteiger partial charge is 0.227 e. The number of pyridine rings is 1. The van der Waals surface area contributed by atoms with Gasteiger partial charge in [0.2, 0.25) is 21.7 Å². The van der Waals surface area contributed by atoms with Crippen LogP contribution in [-0.4, -0.2) is 46.7 Å². The van der Waals surface area contributed by atoms with Gasteiger partial charge in [-0.2, -0.15) is 4.98 Å². The fraction of sp³-hybridized carbons (Fsp3) is 0.462. The number of hydrogen-bond acceptors (Lipinski definition) is 6. The zero-order valence-electron chi connectivity index (χ0n) is 11.6. The van der Waals surface area contributed by atoms with Crippen LogP contribution in [0.25, 0.3) is 11.4 Å². The minimum Gasteiger partial charge on any atom is -0.339 e. The molecule has 7 nitrogen and oxygen atoms in total. The summed E-state index contributed by atoms with van der Waals surface area (Å²) in [5.41, 5.74) is 0.802. The van der Waals surface area contributed by atoms with Gasteiger partial charge in [-0.3, -0.25) is 4.98 Å². The molecule has 21 heavy (non-hydrogen) atoms. The molecule has 3 heterocycles. The summed E-state index contributed by atoms with van der Waals surface area (Å²) in [5.74, 6) is 1.43. The Morgan fingerprint density at radius 1 is 1.43 bits per heavy atom. The Balaban J connectivity index is 1.60. The van der Waals surface area contributed by atoms with E-state index in [1.807, 2.05) is 12.1 Å². The summed E-state index contributed by atoms with van der Waals surface area (Å²) in [7, 11) is -3.07. The van der Waals surface area contributed by atoms with Crippen LogP contribution in [0.1, 0.15) is 12.8 Å². The van der Waals surface area contributed by atoms with Crippen molar-refractivity contribution >= 4 is 10.0 Å². The number of rotatable bonds is 5. The van der Waals surface area contributed by atoms with E-state index in [1.165, 1.54) is 4.31 Å². The fourth-order valence-corrected chi connectivity index (χ4v) is 3.50. The molecule has 1 saturated heterocycles. The van der Waals surface area contributed by atoms with Gasteiger partial charge < -0.3 is 4.52 Å². The van der Waals surface area contributed by atoms with Crippen LogP contribution in [0.2, 0.25) is 0 Å². The Morgan fingerprint density at radius 3 is 2.90 bits per heavy atom. The Kier molecular flexibility index (Phi) is 3.73. The molecule has 112 valence electrons. The molecular weight excluding hydrogens is 292 g/mol. The van der Waals surface area contributed by atoms with Crippen molar-refractivity contribution in [3.05, 3.63) is 30.4 Å².